The number of aryl methyl sites for hydroxylation is 1. The highest BCUT2D eigenvalue weighted by Crippen LogP contribution is 2.06. The third-order valence-corrected chi connectivity index (χ3v) is 1.19. The summed E-state index contributed by atoms with van der Waals surface area (Å²) in [5.74, 6) is 0. The van der Waals surface area contributed by atoms with Gasteiger partial charge < -0.3 is 11.1 Å². The van der Waals surface area contributed by atoms with Gasteiger partial charge in [-0.2, -0.15) is 0 Å². The van der Waals surface area contributed by atoms with E-state index in [1.54, 1.807) is 0 Å². The Morgan fingerprint density at radius 1 is 1.08 bits per heavy atom. The molecule has 0 saturated carbocycles. The predicted molar refractivity (Wildman–Crippen MR) is 61.9 cm³/mol. The maximum absolute atomic E-state index is 5.52. The van der Waals surface area contributed by atoms with Gasteiger partial charge in [-0.25, -0.2) is 0 Å². The van der Waals surface area contributed by atoms with E-state index in [4.69, 9.17) is 5.73 Å². The molecule has 1 rings (SSSR count). The second-order valence-electron chi connectivity index (χ2n) is 2.36. The van der Waals surface area contributed by atoms with E-state index in [0.29, 0.717) is 0 Å². The fraction of sp³-hybridized carbons (Fsp3) is 0.455. The molecule has 2 nitrogen and oxygen atoms in total. The molecule has 0 aliphatic rings. The highest BCUT2D eigenvalue weighted by molar-refractivity contribution is 5.44. The lowest BCUT2D eigenvalue weighted by Gasteiger charge is -1.93. The summed E-state index contributed by atoms with van der Waals surface area (Å²) in [4.78, 5) is 0. The predicted octanol–water partition coefficient (Wildman–Crippen LogP) is 2.44. The molecular formula is C11H22N2. The lowest BCUT2D eigenvalue weighted by Crippen LogP contribution is -1.89. The van der Waals surface area contributed by atoms with E-state index < -0.39 is 0 Å². The first-order valence-electron chi connectivity index (χ1n) is 4.62. The van der Waals surface area contributed by atoms with Crippen LogP contribution in [-0.2, 0) is 0 Å². The monoisotopic (exact) mass is 182 g/mol. The van der Waals surface area contributed by atoms with Crippen LogP contribution in [-0.4, -0.2) is 14.1 Å². The second kappa shape index (κ2) is 11.0. The number of hydrogen-bond acceptors (Lipinski definition) is 2. The molecule has 76 valence electrons. The van der Waals surface area contributed by atoms with Crippen LogP contribution < -0.4 is 11.1 Å². The van der Waals surface area contributed by atoms with E-state index in [9.17, 15) is 0 Å². The third-order valence-electron chi connectivity index (χ3n) is 1.19. The van der Waals surface area contributed by atoms with Crippen molar-refractivity contribution in [1.82, 2.24) is 5.32 Å². The Morgan fingerprint density at radius 3 is 1.69 bits per heavy atom. The number of rotatable bonds is 0. The van der Waals surface area contributed by atoms with Crippen LogP contribution in [0.3, 0.4) is 0 Å². The maximum atomic E-state index is 5.52. The number of nitrogens with two attached hydrogens (primary N) is 1. The molecule has 0 heterocycles. The minimum atomic E-state index is 0.868. The van der Waals surface area contributed by atoms with E-state index in [0.717, 1.165) is 11.3 Å². The number of hydrogen-bond donors (Lipinski definition) is 2. The molecule has 0 aromatic heterocycles. The van der Waals surface area contributed by atoms with E-state index in [1.807, 2.05) is 59.1 Å². The lowest BCUT2D eigenvalue weighted by atomic mass is 10.2. The summed E-state index contributed by atoms with van der Waals surface area (Å²) in [5, 5.41) is 2.75. The van der Waals surface area contributed by atoms with E-state index in [2.05, 4.69) is 5.32 Å². The maximum Gasteiger partial charge on any atom is 0.0343 e. The Bertz CT molecular complexity index is 176. The van der Waals surface area contributed by atoms with Crippen LogP contribution >= 0.6 is 0 Å². The van der Waals surface area contributed by atoms with E-state index in [1.165, 1.54) is 0 Å². The first-order valence-corrected chi connectivity index (χ1v) is 4.62. The smallest absolute Gasteiger partial charge is 0.0343 e. The summed E-state index contributed by atoms with van der Waals surface area (Å²) in [6.45, 7) is 6.00. The van der Waals surface area contributed by atoms with Crippen LogP contribution in [0.15, 0.2) is 24.3 Å². The van der Waals surface area contributed by atoms with Gasteiger partial charge in [-0.05, 0) is 32.6 Å². The van der Waals surface area contributed by atoms with Gasteiger partial charge in [-0.1, -0.05) is 32.0 Å². The fourth-order valence-corrected chi connectivity index (χ4v) is 0.587. The van der Waals surface area contributed by atoms with Crippen LogP contribution in [0.2, 0.25) is 0 Å². The molecule has 0 aliphatic carbocycles. The van der Waals surface area contributed by atoms with Crippen molar-refractivity contribution in [3.05, 3.63) is 29.8 Å². The van der Waals surface area contributed by atoms with Crippen LogP contribution in [0.4, 0.5) is 5.69 Å². The first kappa shape index (κ1) is 14.5. The summed E-state index contributed by atoms with van der Waals surface area (Å²) < 4.78 is 0. The van der Waals surface area contributed by atoms with Gasteiger partial charge in [0.05, 0.1) is 0 Å². The normalized spacial score (nSPS) is 7.46. The number of nitrogens with one attached hydrogen (secondary N) is 1. The standard InChI is InChI=1S/C7H9N.C2H7N.C2H6/c1-6-4-2-3-5-7(6)8;1-3-2;1-2/h2-5H,8H2,1H3;3H,1-2H3;1-2H3. The van der Waals surface area contributed by atoms with E-state index >= 15 is 0 Å². The summed E-state index contributed by atoms with van der Waals surface area (Å²) in [5.41, 5.74) is 7.53. The largest absolute Gasteiger partial charge is 0.399 e. The minimum absolute atomic E-state index is 0.868. The third kappa shape index (κ3) is 8.89. The van der Waals surface area contributed by atoms with Crippen LogP contribution in [0.1, 0.15) is 19.4 Å². The Hall–Kier alpha value is -1.02. The Kier molecular flexibility index (Phi) is 12.2. The van der Waals surface area contributed by atoms with Gasteiger partial charge in [0, 0.05) is 5.69 Å². The van der Waals surface area contributed by atoms with Gasteiger partial charge in [-0.15, -0.1) is 0 Å². The molecule has 0 aliphatic heterocycles. The molecule has 0 saturated heterocycles. The Labute approximate surface area is 82.2 Å². The zero-order valence-corrected chi connectivity index (χ0v) is 9.39. The number of para-hydroxylation sites is 1. The molecular weight excluding hydrogens is 160 g/mol. The minimum Gasteiger partial charge on any atom is -0.399 e. The van der Waals surface area contributed by atoms with Gasteiger partial charge in [0.15, 0.2) is 0 Å². The van der Waals surface area contributed by atoms with Crippen molar-refractivity contribution in [3.8, 4) is 0 Å². The SMILES string of the molecule is CC.CNC.Cc1ccccc1N. The topological polar surface area (TPSA) is 38.0 Å². The fourth-order valence-electron chi connectivity index (χ4n) is 0.587. The molecule has 0 amide bonds. The molecule has 1 aromatic rings. The van der Waals surface area contributed by atoms with Crippen molar-refractivity contribution in [2.24, 2.45) is 0 Å². The molecule has 0 unspecified atom stereocenters. The molecule has 0 radical (unpaired) electrons. The highest BCUT2D eigenvalue weighted by Gasteiger charge is 1.84. The average molecular weight is 182 g/mol. The Morgan fingerprint density at radius 2 is 1.46 bits per heavy atom. The Balaban J connectivity index is 0. The van der Waals surface area contributed by atoms with Crippen molar-refractivity contribution in [3.63, 3.8) is 0 Å². The number of benzene rings is 1. The summed E-state index contributed by atoms with van der Waals surface area (Å²) in [6.07, 6.45) is 0. The van der Waals surface area contributed by atoms with E-state index in [-0.39, 0.29) is 0 Å². The highest BCUT2D eigenvalue weighted by atomic mass is 14.7. The van der Waals surface area contributed by atoms with Gasteiger partial charge >= 0.3 is 0 Å². The van der Waals surface area contributed by atoms with Crippen molar-refractivity contribution in [1.29, 1.82) is 0 Å². The molecule has 3 N–H and O–H groups in total. The van der Waals surface area contributed by atoms with Crippen LogP contribution in [0.5, 0.6) is 0 Å². The summed E-state index contributed by atoms with van der Waals surface area (Å²) in [6, 6.07) is 7.80. The van der Waals surface area contributed by atoms with Gasteiger partial charge in [0.1, 0.15) is 0 Å². The molecule has 1 aromatic carbocycles. The lowest BCUT2D eigenvalue weighted by molar-refractivity contribution is 1.02. The van der Waals surface area contributed by atoms with Crippen molar-refractivity contribution in [2.45, 2.75) is 20.8 Å². The molecule has 0 bridgehead atoms. The van der Waals surface area contributed by atoms with Crippen molar-refractivity contribution < 1.29 is 0 Å². The molecule has 0 spiro atoms. The molecule has 0 fully saturated rings. The zero-order valence-electron chi connectivity index (χ0n) is 9.39. The van der Waals surface area contributed by atoms with Gasteiger partial charge in [0.25, 0.3) is 0 Å². The quantitative estimate of drug-likeness (QED) is 0.605. The van der Waals surface area contributed by atoms with Gasteiger partial charge in [0.2, 0.25) is 0 Å². The molecule has 0 atom stereocenters. The van der Waals surface area contributed by atoms with Gasteiger partial charge in [-0.3, -0.25) is 0 Å². The first-order chi connectivity index (χ1) is 6.22. The summed E-state index contributed by atoms with van der Waals surface area (Å²) in [7, 11) is 3.75. The van der Waals surface area contributed by atoms with Crippen molar-refractivity contribution >= 4 is 5.69 Å². The number of anilines is 1. The molecule has 13 heavy (non-hydrogen) atoms. The second-order valence-corrected chi connectivity index (χ2v) is 2.36. The van der Waals surface area contributed by atoms with Crippen LogP contribution in [0, 0.1) is 6.92 Å². The zero-order chi connectivity index (χ0) is 10.7. The number of nitrogen functional groups attached to an aromatic ring is 1. The van der Waals surface area contributed by atoms with Crippen LogP contribution in [0.25, 0.3) is 0 Å². The van der Waals surface area contributed by atoms with Crippen molar-refractivity contribution in [2.75, 3.05) is 19.8 Å². The summed E-state index contributed by atoms with van der Waals surface area (Å²) >= 11 is 0. The average Bonchev–Trinajstić information content (AvgIpc) is 2.15. The molecule has 2 heteroatoms.